The van der Waals surface area contributed by atoms with E-state index in [1.807, 2.05) is 32.9 Å². The molecule has 0 bridgehead atoms. The van der Waals surface area contributed by atoms with Gasteiger partial charge in [0, 0.05) is 0 Å². The SMILES string of the molecule is CCCCc1ccc(OCCC(=O)OC(C)(C)C)cc1. The van der Waals surface area contributed by atoms with E-state index in [1.54, 1.807) is 0 Å². The summed E-state index contributed by atoms with van der Waals surface area (Å²) in [5.74, 6) is 0.575. The summed E-state index contributed by atoms with van der Waals surface area (Å²) in [6, 6.07) is 8.08. The molecule has 0 aromatic heterocycles. The number of unbranched alkanes of at least 4 members (excludes halogenated alkanes) is 1. The van der Waals surface area contributed by atoms with Crippen molar-refractivity contribution in [2.45, 2.75) is 59.0 Å². The molecule has 0 saturated heterocycles. The molecule has 1 aromatic rings. The first kappa shape index (κ1) is 16.5. The van der Waals surface area contributed by atoms with Gasteiger partial charge in [0.25, 0.3) is 0 Å². The highest BCUT2D eigenvalue weighted by molar-refractivity contribution is 5.69. The van der Waals surface area contributed by atoms with Gasteiger partial charge in [-0.3, -0.25) is 4.79 Å². The first-order valence-electron chi connectivity index (χ1n) is 7.34. The van der Waals surface area contributed by atoms with Crippen LogP contribution in [0.15, 0.2) is 24.3 Å². The second-order valence-electron chi connectivity index (χ2n) is 5.93. The Balaban J connectivity index is 2.30. The molecule has 0 N–H and O–H groups in total. The molecule has 20 heavy (non-hydrogen) atoms. The van der Waals surface area contributed by atoms with Gasteiger partial charge in [0.2, 0.25) is 0 Å². The first-order chi connectivity index (χ1) is 9.40. The summed E-state index contributed by atoms with van der Waals surface area (Å²) in [6.07, 6.45) is 3.79. The van der Waals surface area contributed by atoms with Crippen molar-refractivity contribution in [2.24, 2.45) is 0 Å². The van der Waals surface area contributed by atoms with Gasteiger partial charge < -0.3 is 9.47 Å². The van der Waals surface area contributed by atoms with Crippen molar-refractivity contribution in [3.8, 4) is 5.75 Å². The third kappa shape index (κ3) is 7.17. The second-order valence-corrected chi connectivity index (χ2v) is 5.93. The molecule has 0 spiro atoms. The van der Waals surface area contributed by atoms with Gasteiger partial charge in [0.1, 0.15) is 11.4 Å². The molecule has 0 aliphatic heterocycles. The normalized spacial score (nSPS) is 11.2. The molecule has 0 fully saturated rings. The minimum Gasteiger partial charge on any atom is -0.493 e. The van der Waals surface area contributed by atoms with E-state index in [0.717, 1.165) is 12.2 Å². The van der Waals surface area contributed by atoms with Crippen LogP contribution in [0.4, 0.5) is 0 Å². The van der Waals surface area contributed by atoms with Crippen molar-refractivity contribution in [2.75, 3.05) is 6.61 Å². The topological polar surface area (TPSA) is 35.5 Å². The molecular formula is C17H26O3. The van der Waals surface area contributed by atoms with Crippen LogP contribution < -0.4 is 4.74 Å². The van der Waals surface area contributed by atoms with Crippen LogP contribution in [0.5, 0.6) is 5.75 Å². The zero-order valence-electron chi connectivity index (χ0n) is 13.1. The van der Waals surface area contributed by atoms with Crippen molar-refractivity contribution < 1.29 is 14.3 Å². The zero-order chi connectivity index (χ0) is 15.0. The molecule has 0 heterocycles. The molecule has 112 valence electrons. The monoisotopic (exact) mass is 278 g/mol. The van der Waals surface area contributed by atoms with Gasteiger partial charge >= 0.3 is 5.97 Å². The minimum atomic E-state index is -0.433. The molecule has 0 aliphatic carbocycles. The maximum Gasteiger partial charge on any atom is 0.309 e. The van der Waals surface area contributed by atoms with Gasteiger partial charge in [-0.25, -0.2) is 0 Å². The van der Waals surface area contributed by atoms with E-state index < -0.39 is 5.60 Å². The number of carbonyl (C=O) groups excluding carboxylic acids is 1. The smallest absolute Gasteiger partial charge is 0.309 e. The van der Waals surface area contributed by atoms with E-state index >= 15 is 0 Å². The molecule has 0 unspecified atom stereocenters. The van der Waals surface area contributed by atoms with E-state index in [1.165, 1.54) is 18.4 Å². The number of hydrogen-bond donors (Lipinski definition) is 0. The standard InChI is InChI=1S/C17H26O3/c1-5-6-7-14-8-10-15(11-9-14)19-13-12-16(18)20-17(2,3)4/h8-11H,5-7,12-13H2,1-4H3. The van der Waals surface area contributed by atoms with Crippen molar-refractivity contribution in [3.63, 3.8) is 0 Å². The Hall–Kier alpha value is -1.51. The van der Waals surface area contributed by atoms with E-state index in [2.05, 4.69) is 19.1 Å². The zero-order valence-corrected chi connectivity index (χ0v) is 13.1. The number of aryl methyl sites for hydroxylation is 1. The van der Waals surface area contributed by atoms with Crippen molar-refractivity contribution in [3.05, 3.63) is 29.8 Å². The fourth-order valence-electron chi connectivity index (χ4n) is 1.78. The summed E-state index contributed by atoms with van der Waals surface area (Å²) >= 11 is 0. The van der Waals surface area contributed by atoms with E-state index in [0.29, 0.717) is 6.61 Å². The van der Waals surface area contributed by atoms with Crippen LogP contribution in [-0.2, 0) is 16.0 Å². The summed E-state index contributed by atoms with van der Waals surface area (Å²) in [7, 11) is 0. The number of benzene rings is 1. The molecule has 3 heteroatoms. The third-order valence-electron chi connectivity index (χ3n) is 2.74. The second kappa shape index (κ2) is 7.93. The predicted molar refractivity (Wildman–Crippen MR) is 81.0 cm³/mol. The average Bonchev–Trinajstić information content (AvgIpc) is 2.35. The molecular weight excluding hydrogens is 252 g/mol. The maximum absolute atomic E-state index is 11.5. The molecule has 0 amide bonds. The Morgan fingerprint density at radius 2 is 1.80 bits per heavy atom. The van der Waals surface area contributed by atoms with Crippen LogP contribution in [0.2, 0.25) is 0 Å². The summed E-state index contributed by atoms with van der Waals surface area (Å²) in [5.41, 5.74) is 0.893. The van der Waals surface area contributed by atoms with Crippen LogP contribution in [0.1, 0.15) is 52.5 Å². The van der Waals surface area contributed by atoms with Gasteiger partial charge in [-0.1, -0.05) is 25.5 Å². The lowest BCUT2D eigenvalue weighted by Gasteiger charge is -2.19. The quantitative estimate of drug-likeness (QED) is 0.703. The van der Waals surface area contributed by atoms with Gasteiger partial charge in [-0.2, -0.15) is 0 Å². The summed E-state index contributed by atoms with van der Waals surface area (Å²) < 4.78 is 10.8. The molecule has 0 radical (unpaired) electrons. The van der Waals surface area contributed by atoms with Gasteiger partial charge in [0.15, 0.2) is 0 Å². The number of ether oxygens (including phenoxy) is 2. The molecule has 1 aromatic carbocycles. The van der Waals surface area contributed by atoms with Gasteiger partial charge in [0.05, 0.1) is 13.0 Å². The highest BCUT2D eigenvalue weighted by Crippen LogP contribution is 2.14. The van der Waals surface area contributed by atoms with Crippen LogP contribution in [0, 0.1) is 0 Å². The Morgan fingerprint density at radius 1 is 1.15 bits per heavy atom. The van der Waals surface area contributed by atoms with Crippen molar-refractivity contribution in [1.82, 2.24) is 0 Å². The lowest BCUT2D eigenvalue weighted by molar-refractivity contribution is -0.155. The third-order valence-corrected chi connectivity index (χ3v) is 2.74. The molecule has 1 rings (SSSR count). The lowest BCUT2D eigenvalue weighted by atomic mass is 10.1. The average molecular weight is 278 g/mol. The number of rotatable bonds is 7. The summed E-state index contributed by atoms with van der Waals surface area (Å²) in [5, 5.41) is 0. The molecule has 0 atom stereocenters. The van der Waals surface area contributed by atoms with Crippen molar-refractivity contribution >= 4 is 5.97 Å². The Bertz CT molecular complexity index is 401. The predicted octanol–water partition coefficient (Wildman–Crippen LogP) is 4.14. The van der Waals surface area contributed by atoms with Gasteiger partial charge in [-0.15, -0.1) is 0 Å². The summed E-state index contributed by atoms with van der Waals surface area (Å²) in [6.45, 7) is 8.12. The lowest BCUT2D eigenvalue weighted by Crippen LogP contribution is -2.24. The maximum atomic E-state index is 11.5. The fraction of sp³-hybridized carbons (Fsp3) is 0.588. The first-order valence-corrected chi connectivity index (χ1v) is 7.34. The fourth-order valence-corrected chi connectivity index (χ4v) is 1.78. The minimum absolute atomic E-state index is 0.225. The van der Waals surface area contributed by atoms with Crippen LogP contribution in [0.25, 0.3) is 0 Å². The summed E-state index contributed by atoms with van der Waals surface area (Å²) in [4.78, 5) is 11.5. The largest absolute Gasteiger partial charge is 0.493 e. The Morgan fingerprint density at radius 3 is 2.35 bits per heavy atom. The molecule has 3 nitrogen and oxygen atoms in total. The number of esters is 1. The highest BCUT2D eigenvalue weighted by Gasteiger charge is 2.15. The number of hydrogen-bond acceptors (Lipinski definition) is 3. The van der Waals surface area contributed by atoms with E-state index in [-0.39, 0.29) is 12.4 Å². The highest BCUT2D eigenvalue weighted by atomic mass is 16.6. The van der Waals surface area contributed by atoms with Crippen LogP contribution in [-0.4, -0.2) is 18.2 Å². The van der Waals surface area contributed by atoms with E-state index in [4.69, 9.17) is 9.47 Å². The molecule has 0 aliphatic rings. The van der Waals surface area contributed by atoms with Crippen LogP contribution >= 0.6 is 0 Å². The van der Waals surface area contributed by atoms with Crippen molar-refractivity contribution in [1.29, 1.82) is 0 Å². The van der Waals surface area contributed by atoms with Crippen LogP contribution in [0.3, 0.4) is 0 Å². The van der Waals surface area contributed by atoms with E-state index in [9.17, 15) is 4.79 Å². The Labute approximate surface area is 122 Å². The number of carbonyl (C=O) groups is 1. The molecule has 0 saturated carbocycles. The van der Waals surface area contributed by atoms with Gasteiger partial charge in [-0.05, 0) is 51.3 Å². The Kier molecular flexibility index (Phi) is 6.56.